The Morgan fingerprint density at radius 2 is 2.00 bits per heavy atom. The highest BCUT2D eigenvalue weighted by atomic mass is 127. The van der Waals surface area contributed by atoms with E-state index in [-0.39, 0.29) is 24.0 Å². The number of nitrogens with one attached hydrogen (secondary N) is 1. The summed E-state index contributed by atoms with van der Waals surface area (Å²) in [5.41, 5.74) is 2.13. The highest BCUT2D eigenvalue weighted by Crippen LogP contribution is 2.16. The molecule has 28 heavy (non-hydrogen) atoms. The van der Waals surface area contributed by atoms with E-state index in [1.54, 1.807) is 13.2 Å². The van der Waals surface area contributed by atoms with Gasteiger partial charge in [-0.15, -0.1) is 24.0 Å². The fourth-order valence-electron chi connectivity index (χ4n) is 2.81. The van der Waals surface area contributed by atoms with Crippen LogP contribution in [-0.2, 0) is 13.1 Å². The largest absolute Gasteiger partial charge is 0.352 e. The molecule has 3 aromatic rings. The van der Waals surface area contributed by atoms with Crippen molar-refractivity contribution in [2.45, 2.75) is 20.0 Å². The summed E-state index contributed by atoms with van der Waals surface area (Å²) in [6, 6.07) is 11.9. The van der Waals surface area contributed by atoms with Gasteiger partial charge in [0.2, 0.25) is 0 Å². The number of hydrogen-bond acceptors (Lipinski definition) is 3. The first-order chi connectivity index (χ1) is 13.1. The van der Waals surface area contributed by atoms with Crippen molar-refractivity contribution in [1.82, 2.24) is 24.8 Å². The molecule has 2 heterocycles. The maximum atomic E-state index is 6.26. The number of aryl methyl sites for hydroxylation is 1. The van der Waals surface area contributed by atoms with Crippen LogP contribution in [0.1, 0.15) is 17.0 Å². The van der Waals surface area contributed by atoms with Crippen LogP contribution in [0.3, 0.4) is 0 Å². The van der Waals surface area contributed by atoms with E-state index in [1.165, 1.54) is 0 Å². The van der Waals surface area contributed by atoms with Gasteiger partial charge in [0.25, 0.3) is 0 Å². The number of nitrogens with zero attached hydrogens (tertiary/aromatic N) is 5. The molecular formula is C20H24ClIN6. The van der Waals surface area contributed by atoms with Gasteiger partial charge in [-0.2, -0.15) is 0 Å². The van der Waals surface area contributed by atoms with E-state index in [0.717, 1.165) is 33.8 Å². The van der Waals surface area contributed by atoms with Crippen LogP contribution in [0.4, 0.5) is 0 Å². The van der Waals surface area contributed by atoms with Crippen molar-refractivity contribution in [1.29, 1.82) is 0 Å². The number of rotatable bonds is 5. The first-order valence-electron chi connectivity index (χ1n) is 8.69. The van der Waals surface area contributed by atoms with Gasteiger partial charge in [-0.25, -0.2) is 9.97 Å². The molecule has 0 aliphatic heterocycles. The second kappa shape index (κ2) is 10.4. The lowest BCUT2D eigenvalue weighted by atomic mass is 10.2. The first-order valence-corrected chi connectivity index (χ1v) is 9.06. The first kappa shape index (κ1) is 22.2. The van der Waals surface area contributed by atoms with Crippen LogP contribution >= 0.6 is 35.6 Å². The fraction of sp³-hybridized carbons (Fsp3) is 0.250. The topological polar surface area (TPSA) is 58.3 Å². The Kier molecular flexibility index (Phi) is 8.25. The highest BCUT2D eigenvalue weighted by Gasteiger charge is 2.09. The van der Waals surface area contributed by atoms with Crippen molar-refractivity contribution in [3.63, 3.8) is 0 Å². The molecular weight excluding hydrogens is 487 g/mol. The van der Waals surface area contributed by atoms with Crippen LogP contribution in [0.25, 0.3) is 5.82 Å². The van der Waals surface area contributed by atoms with E-state index in [1.807, 2.05) is 66.2 Å². The summed E-state index contributed by atoms with van der Waals surface area (Å²) in [5.74, 6) is 2.56. The second-order valence-electron chi connectivity index (χ2n) is 6.22. The SMILES string of the molecule is CN=C(NCc1ccc(-n2ccnc2C)nc1)N(C)Cc1ccccc1Cl.I. The van der Waals surface area contributed by atoms with E-state index in [2.05, 4.69) is 26.3 Å². The summed E-state index contributed by atoms with van der Waals surface area (Å²) < 4.78 is 1.95. The smallest absolute Gasteiger partial charge is 0.193 e. The van der Waals surface area contributed by atoms with E-state index in [0.29, 0.717) is 13.1 Å². The van der Waals surface area contributed by atoms with Crippen molar-refractivity contribution < 1.29 is 0 Å². The average molecular weight is 511 g/mol. The molecule has 0 aliphatic rings. The molecule has 6 nitrogen and oxygen atoms in total. The van der Waals surface area contributed by atoms with Crippen molar-refractivity contribution in [3.8, 4) is 5.82 Å². The molecule has 0 fully saturated rings. The van der Waals surface area contributed by atoms with Crippen molar-refractivity contribution in [3.05, 3.63) is 77.0 Å². The van der Waals surface area contributed by atoms with Crippen LogP contribution < -0.4 is 5.32 Å². The number of aliphatic imine (C=N–C) groups is 1. The van der Waals surface area contributed by atoms with Crippen LogP contribution in [0.5, 0.6) is 0 Å². The molecule has 0 amide bonds. The van der Waals surface area contributed by atoms with E-state index in [9.17, 15) is 0 Å². The Bertz CT molecular complexity index is 922. The molecule has 0 bridgehead atoms. The van der Waals surface area contributed by atoms with Gasteiger partial charge in [0.15, 0.2) is 5.96 Å². The van der Waals surface area contributed by atoms with Gasteiger partial charge in [0, 0.05) is 50.8 Å². The summed E-state index contributed by atoms with van der Waals surface area (Å²) in [6.07, 6.45) is 5.54. The number of guanidine groups is 1. The van der Waals surface area contributed by atoms with Gasteiger partial charge >= 0.3 is 0 Å². The summed E-state index contributed by atoms with van der Waals surface area (Å²) in [7, 11) is 3.76. The van der Waals surface area contributed by atoms with Gasteiger partial charge in [0.1, 0.15) is 11.6 Å². The van der Waals surface area contributed by atoms with E-state index >= 15 is 0 Å². The Morgan fingerprint density at radius 1 is 1.21 bits per heavy atom. The third kappa shape index (κ3) is 5.45. The molecule has 0 saturated heterocycles. The monoisotopic (exact) mass is 510 g/mol. The number of benzene rings is 1. The summed E-state index contributed by atoms with van der Waals surface area (Å²) >= 11 is 6.26. The summed E-state index contributed by atoms with van der Waals surface area (Å²) in [6.45, 7) is 3.27. The lowest BCUT2D eigenvalue weighted by Crippen LogP contribution is -2.38. The maximum Gasteiger partial charge on any atom is 0.193 e. The number of imidazole rings is 1. The minimum Gasteiger partial charge on any atom is -0.352 e. The van der Waals surface area contributed by atoms with Gasteiger partial charge < -0.3 is 10.2 Å². The maximum absolute atomic E-state index is 6.26. The van der Waals surface area contributed by atoms with Crippen molar-refractivity contribution in [2.24, 2.45) is 4.99 Å². The molecule has 0 saturated carbocycles. The molecule has 148 valence electrons. The van der Waals surface area contributed by atoms with Crippen molar-refractivity contribution >= 4 is 41.5 Å². The average Bonchev–Trinajstić information content (AvgIpc) is 3.10. The number of aromatic nitrogens is 3. The lowest BCUT2D eigenvalue weighted by Gasteiger charge is -2.22. The Hall–Kier alpha value is -2.13. The molecule has 0 spiro atoms. The summed E-state index contributed by atoms with van der Waals surface area (Å²) in [5, 5.41) is 4.12. The van der Waals surface area contributed by atoms with Gasteiger partial charge in [-0.3, -0.25) is 9.56 Å². The van der Waals surface area contributed by atoms with Crippen LogP contribution in [0, 0.1) is 6.92 Å². The predicted molar refractivity (Wildman–Crippen MR) is 125 cm³/mol. The normalized spacial score (nSPS) is 11.1. The third-order valence-corrected chi connectivity index (χ3v) is 4.64. The minimum atomic E-state index is 0. The number of hydrogen-bond donors (Lipinski definition) is 1. The fourth-order valence-corrected chi connectivity index (χ4v) is 3.00. The summed E-state index contributed by atoms with van der Waals surface area (Å²) in [4.78, 5) is 15.1. The van der Waals surface area contributed by atoms with Crippen LogP contribution in [-0.4, -0.2) is 39.5 Å². The standard InChI is InChI=1S/C20H23ClN6.HI/c1-15-23-10-11-27(15)19-9-8-16(12-24-19)13-25-20(22-2)26(3)14-17-6-4-5-7-18(17)21;/h4-12H,13-14H2,1-3H3,(H,22,25);1H. The lowest BCUT2D eigenvalue weighted by molar-refractivity contribution is 0.476. The van der Waals surface area contributed by atoms with E-state index < -0.39 is 0 Å². The van der Waals surface area contributed by atoms with Gasteiger partial charge in [-0.05, 0) is 30.2 Å². The zero-order valence-corrected chi connectivity index (χ0v) is 19.2. The van der Waals surface area contributed by atoms with E-state index in [4.69, 9.17) is 11.6 Å². The molecule has 8 heteroatoms. The Labute approximate surface area is 187 Å². The van der Waals surface area contributed by atoms with Gasteiger partial charge in [0.05, 0.1) is 0 Å². The molecule has 0 radical (unpaired) electrons. The van der Waals surface area contributed by atoms with Crippen LogP contribution in [0.2, 0.25) is 5.02 Å². The molecule has 0 aliphatic carbocycles. The molecule has 3 rings (SSSR count). The Balaban J connectivity index is 0.00000280. The van der Waals surface area contributed by atoms with Gasteiger partial charge in [-0.1, -0.05) is 35.9 Å². The second-order valence-corrected chi connectivity index (χ2v) is 6.62. The highest BCUT2D eigenvalue weighted by molar-refractivity contribution is 14.0. The molecule has 0 atom stereocenters. The molecule has 1 N–H and O–H groups in total. The molecule has 1 aromatic carbocycles. The van der Waals surface area contributed by atoms with Crippen LogP contribution in [0.15, 0.2) is 60.0 Å². The molecule has 0 unspecified atom stereocenters. The minimum absolute atomic E-state index is 0. The third-order valence-electron chi connectivity index (χ3n) is 4.27. The quantitative estimate of drug-likeness (QED) is 0.320. The zero-order chi connectivity index (χ0) is 19.2. The number of halogens is 2. The zero-order valence-electron chi connectivity index (χ0n) is 16.1. The molecule has 2 aromatic heterocycles. The predicted octanol–water partition coefficient (Wildman–Crippen LogP) is 4.05. The number of pyridine rings is 1. The van der Waals surface area contributed by atoms with Crippen molar-refractivity contribution in [2.75, 3.05) is 14.1 Å². The Morgan fingerprint density at radius 3 is 2.61 bits per heavy atom.